The zero-order valence-electron chi connectivity index (χ0n) is 12.1. The lowest BCUT2D eigenvalue weighted by atomic mass is 9.62. The summed E-state index contributed by atoms with van der Waals surface area (Å²) < 4.78 is 0. The van der Waals surface area contributed by atoms with E-state index in [0.29, 0.717) is 27.6 Å². The summed E-state index contributed by atoms with van der Waals surface area (Å²) in [7, 11) is 0. The molecule has 0 heterocycles. The molecule has 2 bridgehead atoms. The number of amides is 1. The van der Waals surface area contributed by atoms with Gasteiger partial charge in [-0.2, -0.15) is 0 Å². The summed E-state index contributed by atoms with van der Waals surface area (Å²) in [5.41, 5.74) is 0.422. The average Bonchev–Trinajstić information content (AvgIpc) is 3.32. The fourth-order valence-corrected chi connectivity index (χ4v) is 4.72. The van der Waals surface area contributed by atoms with Crippen LogP contribution in [0, 0.1) is 35.5 Å². The summed E-state index contributed by atoms with van der Waals surface area (Å²) in [4.78, 5) is 24.5. The molecule has 120 valence electrons. The van der Waals surface area contributed by atoms with Crippen molar-refractivity contribution in [3.05, 3.63) is 40.4 Å². The Morgan fingerprint density at radius 2 is 1.74 bits per heavy atom. The van der Waals surface area contributed by atoms with Gasteiger partial charge in [0.2, 0.25) is 5.91 Å². The number of carboxylic acids is 1. The molecule has 0 radical (unpaired) electrons. The minimum absolute atomic E-state index is 0.00376. The van der Waals surface area contributed by atoms with Gasteiger partial charge in [-0.1, -0.05) is 35.4 Å². The number of carbonyl (C=O) groups is 2. The number of carbonyl (C=O) groups excluding carboxylic acids is 1. The second-order valence-electron chi connectivity index (χ2n) is 6.61. The Labute approximate surface area is 143 Å². The van der Waals surface area contributed by atoms with Crippen LogP contribution in [0.2, 0.25) is 10.0 Å². The van der Waals surface area contributed by atoms with Gasteiger partial charge in [0.1, 0.15) is 0 Å². The Morgan fingerprint density at radius 3 is 2.39 bits per heavy atom. The maximum atomic E-state index is 12.8. The van der Waals surface area contributed by atoms with Crippen molar-refractivity contribution in [3.63, 3.8) is 0 Å². The van der Waals surface area contributed by atoms with Gasteiger partial charge < -0.3 is 10.4 Å². The first-order valence-corrected chi connectivity index (χ1v) is 8.40. The average molecular weight is 352 g/mol. The van der Waals surface area contributed by atoms with Crippen LogP contribution in [0.4, 0.5) is 5.69 Å². The first-order chi connectivity index (χ1) is 11.0. The molecule has 4 aliphatic carbocycles. The molecule has 0 saturated heterocycles. The van der Waals surface area contributed by atoms with Crippen molar-refractivity contribution < 1.29 is 14.7 Å². The number of anilines is 1. The number of carboxylic acid groups (broad SMARTS) is 1. The molecule has 0 spiro atoms. The summed E-state index contributed by atoms with van der Waals surface area (Å²) in [6, 6.07) is 4.83. The van der Waals surface area contributed by atoms with Gasteiger partial charge in [0, 0.05) is 5.02 Å². The molecule has 1 amide bonds. The van der Waals surface area contributed by atoms with Crippen LogP contribution in [0.15, 0.2) is 30.4 Å². The first kappa shape index (κ1) is 15.0. The van der Waals surface area contributed by atoms with Crippen molar-refractivity contribution in [3.8, 4) is 0 Å². The van der Waals surface area contributed by atoms with E-state index in [-0.39, 0.29) is 17.7 Å². The van der Waals surface area contributed by atoms with E-state index >= 15 is 0 Å². The largest absolute Gasteiger partial charge is 0.481 e. The highest BCUT2D eigenvalue weighted by Gasteiger charge is 2.62. The summed E-state index contributed by atoms with van der Waals surface area (Å²) in [6.07, 6.45) is 5.05. The van der Waals surface area contributed by atoms with Crippen LogP contribution >= 0.6 is 23.2 Å². The zero-order valence-corrected chi connectivity index (χ0v) is 13.6. The zero-order chi connectivity index (χ0) is 16.3. The van der Waals surface area contributed by atoms with Gasteiger partial charge in [0.05, 0.1) is 22.5 Å². The quantitative estimate of drug-likeness (QED) is 0.816. The molecule has 2 fully saturated rings. The van der Waals surface area contributed by atoms with Crippen molar-refractivity contribution in [1.29, 1.82) is 0 Å². The Hall–Kier alpha value is -1.52. The van der Waals surface area contributed by atoms with Crippen LogP contribution < -0.4 is 5.32 Å². The van der Waals surface area contributed by atoms with Crippen LogP contribution in [0.5, 0.6) is 0 Å². The SMILES string of the molecule is O=C(Nc1cc(Cl)ccc1Cl)[C@@H]1[C@H]2C=C[C@H]([C@H]3C[C@H]23)[C@@H]1C(=O)O. The third-order valence-corrected chi connectivity index (χ3v) is 5.99. The van der Waals surface area contributed by atoms with Gasteiger partial charge >= 0.3 is 5.97 Å². The minimum atomic E-state index is -0.896. The third-order valence-electron chi connectivity index (χ3n) is 5.43. The van der Waals surface area contributed by atoms with Crippen LogP contribution in [0.1, 0.15) is 6.42 Å². The smallest absolute Gasteiger partial charge is 0.307 e. The number of allylic oxidation sites excluding steroid dienone is 2. The van der Waals surface area contributed by atoms with Gasteiger partial charge in [0.15, 0.2) is 0 Å². The Balaban J connectivity index is 1.63. The molecule has 23 heavy (non-hydrogen) atoms. The predicted molar refractivity (Wildman–Crippen MR) is 87.4 cm³/mol. The molecule has 6 heteroatoms. The summed E-state index contributed by atoms with van der Waals surface area (Å²) in [6.45, 7) is 0. The highest BCUT2D eigenvalue weighted by molar-refractivity contribution is 6.35. The maximum absolute atomic E-state index is 12.8. The summed E-state index contributed by atoms with van der Waals surface area (Å²) in [5, 5.41) is 13.2. The van der Waals surface area contributed by atoms with Gasteiger partial charge in [-0.3, -0.25) is 9.59 Å². The molecule has 0 aliphatic heterocycles. The van der Waals surface area contributed by atoms with E-state index in [1.165, 1.54) is 0 Å². The molecule has 0 aromatic heterocycles. The second-order valence-corrected chi connectivity index (χ2v) is 7.45. The number of hydrogen-bond donors (Lipinski definition) is 2. The standard InChI is InChI=1S/C17H15Cl2NO3/c18-7-1-4-12(19)13(5-7)20-16(21)14-8-2-3-9(11-6-10(8)11)15(14)17(22)23/h1-5,8-11,14-15H,6H2,(H,20,21)(H,22,23)/t8-,9+,10+,11+,14+,15-/m0/s1. The van der Waals surface area contributed by atoms with Gasteiger partial charge in [-0.05, 0) is 48.3 Å². The van der Waals surface area contributed by atoms with Gasteiger partial charge in [0.25, 0.3) is 0 Å². The van der Waals surface area contributed by atoms with Crippen molar-refractivity contribution in [1.82, 2.24) is 0 Å². The van der Waals surface area contributed by atoms with Crippen LogP contribution in [-0.2, 0) is 9.59 Å². The normalized spacial score (nSPS) is 36.4. The summed E-state index contributed by atoms with van der Waals surface area (Å²) in [5.74, 6) is -1.54. The summed E-state index contributed by atoms with van der Waals surface area (Å²) >= 11 is 12.0. The van der Waals surface area contributed by atoms with E-state index < -0.39 is 17.8 Å². The number of halogens is 2. The van der Waals surface area contributed by atoms with Crippen molar-refractivity contribution in [2.45, 2.75) is 6.42 Å². The van der Waals surface area contributed by atoms with E-state index in [1.807, 2.05) is 12.2 Å². The van der Waals surface area contributed by atoms with Gasteiger partial charge in [-0.25, -0.2) is 0 Å². The monoisotopic (exact) mass is 351 g/mol. The molecule has 0 unspecified atom stereocenters. The number of hydrogen-bond acceptors (Lipinski definition) is 2. The van der Waals surface area contributed by atoms with E-state index in [1.54, 1.807) is 18.2 Å². The molecule has 1 aromatic rings. The lowest BCUT2D eigenvalue weighted by molar-refractivity contribution is -0.152. The molecular formula is C17H15Cl2NO3. The first-order valence-electron chi connectivity index (χ1n) is 7.64. The van der Waals surface area contributed by atoms with Crippen molar-refractivity contribution >= 4 is 40.8 Å². The molecule has 4 nitrogen and oxygen atoms in total. The molecular weight excluding hydrogens is 337 g/mol. The molecule has 1 aromatic carbocycles. The van der Waals surface area contributed by atoms with Crippen LogP contribution in [0.25, 0.3) is 0 Å². The number of fused-ring (bicyclic) bond motifs is 1. The molecule has 6 atom stereocenters. The van der Waals surface area contributed by atoms with E-state index in [0.717, 1.165) is 6.42 Å². The van der Waals surface area contributed by atoms with Gasteiger partial charge in [-0.15, -0.1) is 0 Å². The fraction of sp³-hybridized carbons (Fsp3) is 0.412. The fourth-order valence-electron chi connectivity index (χ4n) is 4.38. The lowest BCUT2D eigenvalue weighted by Gasteiger charge is -2.41. The number of benzene rings is 1. The van der Waals surface area contributed by atoms with E-state index in [2.05, 4.69) is 5.32 Å². The molecule has 4 aliphatic rings. The molecule has 2 N–H and O–H groups in total. The minimum Gasteiger partial charge on any atom is -0.481 e. The second kappa shape index (κ2) is 5.25. The molecule has 5 rings (SSSR count). The Bertz CT molecular complexity index is 733. The van der Waals surface area contributed by atoms with E-state index in [4.69, 9.17) is 23.2 Å². The lowest BCUT2D eigenvalue weighted by Crippen LogP contribution is -2.48. The maximum Gasteiger partial charge on any atom is 0.307 e. The van der Waals surface area contributed by atoms with Crippen molar-refractivity contribution in [2.24, 2.45) is 35.5 Å². The van der Waals surface area contributed by atoms with Crippen LogP contribution in [0.3, 0.4) is 0 Å². The predicted octanol–water partition coefficient (Wildman–Crippen LogP) is 3.70. The Morgan fingerprint density at radius 1 is 1.09 bits per heavy atom. The Kier molecular flexibility index (Phi) is 3.43. The third kappa shape index (κ3) is 2.36. The number of aliphatic carboxylic acids is 1. The van der Waals surface area contributed by atoms with Crippen LogP contribution in [-0.4, -0.2) is 17.0 Å². The van der Waals surface area contributed by atoms with Crippen molar-refractivity contribution in [2.75, 3.05) is 5.32 Å². The molecule has 2 saturated carbocycles. The van der Waals surface area contributed by atoms with E-state index in [9.17, 15) is 14.7 Å². The highest BCUT2D eigenvalue weighted by atomic mass is 35.5. The number of nitrogens with one attached hydrogen (secondary N) is 1. The topological polar surface area (TPSA) is 66.4 Å². The number of rotatable bonds is 3. The highest BCUT2D eigenvalue weighted by Crippen LogP contribution is 2.63.